The summed E-state index contributed by atoms with van der Waals surface area (Å²) >= 11 is 0. The summed E-state index contributed by atoms with van der Waals surface area (Å²) in [5, 5.41) is 13.3. The van der Waals surface area contributed by atoms with Crippen molar-refractivity contribution in [2.45, 2.75) is 6.54 Å². The number of pyridine rings is 1. The number of nitrogens with zero attached hydrogens (tertiary/aromatic N) is 3. The third-order valence-electron chi connectivity index (χ3n) is 2.60. The molecule has 0 fully saturated rings. The van der Waals surface area contributed by atoms with Gasteiger partial charge in [0.15, 0.2) is 5.69 Å². The van der Waals surface area contributed by atoms with Crippen molar-refractivity contribution in [3.05, 3.63) is 41.7 Å². The number of ether oxygens (including phenoxy) is 1. The summed E-state index contributed by atoms with van der Waals surface area (Å²) in [7, 11) is 3.12. The van der Waals surface area contributed by atoms with Crippen molar-refractivity contribution in [2.24, 2.45) is 0 Å². The van der Waals surface area contributed by atoms with Gasteiger partial charge in [0.05, 0.1) is 7.11 Å². The minimum absolute atomic E-state index is 0.261. The first-order chi connectivity index (χ1) is 9.72. The molecule has 7 heteroatoms. The first kappa shape index (κ1) is 13.7. The molecule has 0 bridgehead atoms. The molecule has 0 atom stereocenters. The number of anilines is 1. The Kier molecular flexibility index (Phi) is 4.43. The zero-order chi connectivity index (χ0) is 14.4. The van der Waals surface area contributed by atoms with E-state index < -0.39 is 0 Å². The SMILES string of the molecule is CNC(=O)c1ccc(NCc2ccc(OC)nc2)nn1. The monoisotopic (exact) mass is 273 g/mol. The van der Waals surface area contributed by atoms with Crippen molar-refractivity contribution < 1.29 is 9.53 Å². The molecular formula is C13H15N5O2. The molecule has 0 unspecified atom stereocenters. The minimum atomic E-state index is -0.261. The highest BCUT2D eigenvalue weighted by Crippen LogP contribution is 2.09. The molecule has 2 aromatic heterocycles. The quantitative estimate of drug-likeness (QED) is 0.839. The van der Waals surface area contributed by atoms with Gasteiger partial charge < -0.3 is 15.4 Å². The summed E-state index contributed by atoms with van der Waals surface area (Å²) in [5.74, 6) is 0.903. The number of hydrogen-bond donors (Lipinski definition) is 2. The summed E-state index contributed by atoms with van der Waals surface area (Å²) in [6, 6.07) is 7.01. The lowest BCUT2D eigenvalue weighted by atomic mass is 10.3. The van der Waals surface area contributed by atoms with Crippen LogP contribution >= 0.6 is 0 Å². The zero-order valence-electron chi connectivity index (χ0n) is 11.3. The molecular weight excluding hydrogens is 258 g/mol. The number of rotatable bonds is 5. The van der Waals surface area contributed by atoms with Crippen molar-refractivity contribution >= 4 is 11.7 Å². The van der Waals surface area contributed by atoms with Crippen LogP contribution in [0.15, 0.2) is 30.5 Å². The Balaban J connectivity index is 1.94. The molecule has 20 heavy (non-hydrogen) atoms. The van der Waals surface area contributed by atoms with Gasteiger partial charge in [-0.1, -0.05) is 6.07 Å². The Morgan fingerprint density at radius 2 is 2.10 bits per heavy atom. The van der Waals surface area contributed by atoms with Gasteiger partial charge in [-0.3, -0.25) is 4.79 Å². The average molecular weight is 273 g/mol. The highest BCUT2D eigenvalue weighted by molar-refractivity contribution is 5.91. The Labute approximate surface area is 116 Å². The number of aromatic nitrogens is 3. The van der Waals surface area contributed by atoms with Gasteiger partial charge in [0.2, 0.25) is 5.88 Å². The van der Waals surface area contributed by atoms with Gasteiger partial charge in [0, 0.05) is 25.9 Å². The fourth-order valence-electron chi connectivity index (χ4n) is 1.50. The predicted octanol–water partition coefficient (Wildman–Crippen LogP) is 0.852. The van der Waals surface area contributed by atoms with Gasteiger partial charge in [0.1, 0.15) is 5.82 Å². The number of nitrogens with one attached hydrogen (secondary N) is 2. The predicted molar refractivity (Wildman–Crippen MR) is 73.5 cm³/mol. The van der Waals surface area contributed by atoms with Crippen molar-refractivity contribution in [1.82, 2.24) is 20.5 Å². The minimum Gasteiger partial charge on any atom is -0.481 e. The molecule has 2 rings (SSSR count). The van der Waals surface area contributed by atoms with Crippen LogP contribution in [-0.2, 0) is 6.54 Å². The van der Waals surface area contributed by atoms with E-state index in [1.54, 1.807) is 38.6 Å². The molecule has 2 heterocycles. The molecule has 0 aliphatic heterocycles. The summed E-state index contributed by atoms with van der Waals surface area (Å²) in [4.78, 5) is 15.4. The molecule has 0 spiro atoms. The van der Waals surface area contributed by atoms with Crippen molar-refractivity contribution in [1.29, 1.82) is 0 Å². The van der Waals surface area contributed by atoms with Crippen LogP contribution in [0.25, 0.3) is 0 Å². The van der Waals surface area contributed by atoms with E-state index in [0.29, 0.717) is 18.2 Å². The zero-order valence-corrected chi connectivity index (χ0v) is 11.3. The van der Waals surface area contributed by atoms with E-state index in [1.165, 1.54) is 0 Å². The number of hydrogen-bond acceptors (Lipinski definition) is 6. The molecule has 0 saturated carbocycles. The second-order valence-corrected chi connectivity index (χ2v) is 3.95. The van der Waals surface area contributed by atoms with Crippen molar-refractivity contribution in [3.63, 3.8) is 0 Å². The van der Waals surface area contributed by atoms with Crippen LogP contribution in [-0.4, -0.2) is 35.2 Å². The lowest BCUT2D eigenvalue weighted by Gasteiger charge is -2.06. The van der Waals surface area contributed by atoms with Gasteiger partial charge in [-0.05, 0) is 17.7 Å². The molecule has 0 aliphatic rings. The molecule has 2 N–H and O–H groups in total. The normalized spacial score (nSPS) is 9.90. The Bertz CT molecular complexity index is 568. The highest BCUT2D eigenvalue weighted by atomic mass is 16.5. The largest absolute Gasteiger partial charge is 0.481 e. The third kappa shape index (κ3) is 3.41. The second kappa shape index (κ2) is 6.46. The van der Waals surface area contributed by atoms with E-state index in [9.17, 15) is 4.79 Å². The Morgan fingerprint density at radius 1 is 1.25 bits per heavy atom. The summed E-state index contributed by atoms with van der Waals surface area (Å²) in [6.07, 6.45) is 1.72. The maximum Gasteiger partial charge on any atom is 0.271 e. The number of amides is 1. The van der Waals surface area contributed by atoms with E-state index in [-0.39, 0.29) is 11.6 Å². The van der Waals surface area contributed by atoms with Crippen LogP contribution in [0.4, 0.5) is 5.82 Å². The van der Waals surface area contributed by atoms with Crippen molar-refractivity contribution in [3.8, 4) is 5.88 Å². The summed E-state index contributed by atoms with van der Waals surface area (Å²) in [5.41, 5.74) is 1.27. The van der Waals surface area contributed by atoms with Gasteiger partial charge in [0.25, 0.3) is 5.91 Å². The molecule has 0 aliphatic carbocycles. The fraction of sp³-hybridized carbons (Fsp3) is 0.231. The van der Waals surface area contributed by atoms with Gasteiger partial charge in [-0.2, -0.15) is 0 Å². The van der Waals surface area contributed by atoms with E-state index in [1.807, 2.05) is 6.07 Å². The van der Waals surface area contributed by atoms with Gasteiger partial charge >= 0.3 is 0 Å². The van der Waals surface area contributed by atoms with E-state index in [4.69, 9.17) is 4.74 Å². The number of methoxy groups -OCH3 is 1. The lowest BCUT2D eigenvalue weighted by molar-refractivity contribution is 0.0957. The van der Waals surface area contributed by atoms with E-state index in [0.717, 1.165) is 5.56 Å². The van der Waals surface area contributed by atoms with Crippen LogP contribution in [0, 0.1) is 0 Å². The topological polar surface area (TPSA) is 89.0 Å². The highest BCUT2D eigenvalue weighted by Gasteiger charge is 2.05. The molecule has 7 nitrogen and oxygen atoms in total. The molecule has 0 saturated heterocycles. The molecule has 0 aromatic carbocycles. The van der Waals surface area contributed by atoms with Crippen LogP contribution in [0.3, 0.4) is 0 Å². The first-order valence-corrected chi connectivity index (χ1v) is 6.01. The van der Waals surface area contributed by atoms with Crippen molar-refractivity contribution in [2.75, 3.05) is 19.5 Å². The Hall–Kier alpha value is -2.70. The van der Waals surface area contributed by atoms with Crippen LogP contribution < -0.4 is 15.4 Å². The fourth-order valence-corrected chi connectivity index (χ4v) is 1.50. The summed E-state index contributed by atoms with van der Waals surface area (Å²) in [6.45, 7) is 0.561. The Morgan fingerprint density at radius 3 is 2.65 bits per heavy atom. The molecule has 104 valence electrons. The van der Waals surface area contributed by atoms with Crippen LogP contribution in [0.2, 0.25) is 0 Å². The average Bonchev–Trinajstić information content (AvgIpc) is 2.53. The number of carbonyl (C=O) groups is 1. The van der Waals surface area contributed by atoms with Crippen LogP contribution in [0.1, 0.15) is 16.1 Å². The molecule has 0 radical (unpaired) electrons. The third-order valence-corrected chi connectivity index (χ3v) is 2.60. The summed E-state index contributed by atoms with van der Waals surface area (Å²) < 4.78 is 4.99. The second-order valence-electron chi connectivity index (χ2n) is 3.95. The van der Waals surface area contributed by atoms with E-state index >= 15 is 0 Å². The maximum absolute atomic E-state index is 11.3. The van der Waals surface area contributed by atoms with Gasteiger partial charge in [-0.25, -0.2) is 4.98 Å². The maximum atomic E-state index is 11.3. The lowest BCUT2D eigenvalue weighted by Crippen LogP contribution is -2.19. The van der Waals surface area contributed by atoms with Crippen LogP contribution in [0.5, 0.6) is 5.88 Å². The standard InChI is InChI=1S/C13H15N5O2/c1-14-13(19)10-4-5-11(18-17-10)15-7-9-3-6-12(20-2)16-8-9/h3-6,8H,7H2,1-2H3,(H,14,19)(H,15,18). The molecule has 2 aromatic rings. The number of carbonyl (C=O) groups excluding carboxylic acids is 1. The van der Waals surface area contributed by atoms with E-state index in [2.05, 4.69) is 25.8 Å². The first-order valence-electron chi connectivity index (χ1n) is 6.01. The van der Waals surface area contributed by atoms with Gasteiger partial charge in [-0.15, -0.1) is 10.2 Å². The smallest absolute Gasteiger partial charge is 0.271 e. The molecule has 1 amide bonds.